The van der Waals surface area contributed by atoms with E-state index in [0.717, 1.165) is 23.0 Å². The number of imide groups is 1. The van der Waals surface area contributed by atoms with Crippen molar-refractivity contribution in [3.05, 3.63) is 69.8 Å². The van der Waals surface area contributed by atoms with Gasteiger partial charge in [-0.1, -0.05) is 30.3 Å². The normalized spacial score (nSPS) is 13.8. The molecule has 0 spiro atoms. The van der Waals surface area contributed by atoms with E-state index in [9.17, 15) is 9.59 Å². The van der Waals surface area contributed by atoms with E-state index in [1.807, 2.05) is 18.2 Å². The molecule has 0 saturated carbocycles. The molecule has 1 N–H and O–H groups in total. The van der Waals surface area contributed by atoms with Gasteiger partial charge >= 0.3 is 0 Å². The second-order valence-corrected chi connectivity index (χ2v) is 6.67. The molecule has 2 aromatic carbocycles. The average molecular weight is 383 g/mol. The van der Waals surface area contributed by atoms with Crippen LogP contribution in [-0.2, 0) is 6.42 Å². The number of aromatic amines is 1. The molecule has 4 rings (SSSR count). The Hall–Kier alpha value is -2.40. The number of hydrogen-bond donors (Lipinski definition) is 1. The van der Waals surface area contributed by atoms with Gasteiger partial charge < -0.3 is 4.98 Å². The number of halogens is 1. The first-order valence-electron chi connectivity index (χ1n) is 7.87. The van der Waals surface area contributed by atoms with Crippen LogP contribution in [0.3, 0.4) is 0 Å². The molecule has 0 atom stereocenters. The predicted octanol–water partition coefficient (Wildman–Crippen LogP) is 4.16. The number of rotatable bonds is 4. The van der Waals surface area contributed by atoms with Crippen LogP contribution in [0.15, 0.2) is 53.1 Å². The molecule has 2 heterocycles. The van der Waals surface area contributed by atoms with Crippen molar-refractivity contribution < 1.29 is 9.59 Å². The molecule has 4 nitrogen and oxygen atoms in total. The van der Waals surface area contributed by atoms with Crippen molar-refractivity contribution in [2.24, 2.45) is 0 Å². The maximum absolute atomic E-state index is 12.4. The Morgan fingerprint density at radius 1 is 0.917 bits per heavy atom. The van der Waals surface area contributed by atoms with Crippen molar-refractivity contribution in [1.82, 2.24) is 9.88 Å². The molecule has 0 fully saturated rings. The molecule has 0 radical (unpaired) electrons. The van der Waals surface area contributed by atoms with Gasteiger partial charge in [0.2, 0.25) is 0 Å². The number of carbonyl (C=O) groups is 2. The van der Waals surface area contributed by atoms with Crippen LogP contribution in [0.1, 0.15) is 32.7 Å². The largest absolute Gasteiger partial charge is 0.349 e. The number of H-pyrrole nitrogens is 1. The molecule has 2 amide bonds. The Kier molecular flexibility index (Phi) is 3.73. The highest BCUT2D eigenvalue weighted by atomic mass is 79.9. The van der Waals surface area contributed by atoms with Crippen molar-refractivity contribution >= 4 is 38.6 Å². The molecule has 0 saturated heterocycles. The number of carbonyl (C=O) groups excluding carboxylic acids is 2. The van der Waals surface area contributed by atoms with Crippen molar-refractivity contribution in [2.45, 2.75) is 12.8 Å². The Balaban J connectivity index is 1.49. The summed E-state index contributed by atoms with van der Waals surface area (Å²) in [6.07, 6.45) is 1.52. The molecule has 3 aromatic rings. The summed E-state index contributed by atoms with van der Waals surface area (Å²) in [6, 6.07) is 15.1. The van der Waals surface area contributed by atoms with Gasteiger partial charge in [0.25, 0.3) is 11.8 Å². The first-order valence-corrected chi connectivity index (χ1v) is 8.66. The van der Waals surface area contributed by atoms with Gasteiger partial charge in [-0.25, -0.2) is 0 Å². The second kappa shape index (κ2) is 5.91. The monoisotopic (exact) mass is 382 g/mol. The molecular weight excluding hydrogens is 368 g/mol. The molecule has 1 aliphatic heterocycles. The van der Waals surface area contributed by atoms with E-state index in [0.29, 0.717) is 17.7 Å². The summed E-state index contributed by atoms with van der Waals surface area (Å²) in [5, 5.41) is 1.17. The molecular formula is C19H15BrN2O2. The first kappa shape index (κ1) is 15.1. The number of amides is 2. The standard InChI is InChI=1S/C19H15BrN2O2/c20-17-13(12-6-3-4-10-16(12)21-17)9-5-11-22-18(23)14-7-1-2-8-15(14)19(22)24/h1-4,6-8,10,21H,5,9,11H2. The van der Waals surface area contributed by atoms with Crippen LogP contribution >= 0.6 is 15.9 Å². The van der Waals surface area contributed by atoms with Gasteiger partial charge in [-0.05, 0) is 52.5 Å². The van der Waals surface area contributed by atoms with Crippen LogP contribution in [-0.4, -0.2) is 28.2 Å². The summed E-state index contributed by atoms with van der Waals surface area (Å²) in [5.74, 6) is -0.373. The molecule has 0 aliphatic carbocycles. The van der Waals surface area contributed by atoms with Gasteiger partial charge in [0.1, 0.15) is 0 Å². The lowest BCUT2D eigenvalue weighted by Gasteiger charge is -2.13. The highest BCUT2D eigenvalue weighted by Crippen LogP contribution is 2.28. The van der Waals surface area contributed by atoms with Crippen molar-refractivity contribution in [3.63, 3.8) is 0 Å². The third-order valence-corrected chi connectivity index (χ3v) is 5.13. The lowest BCUT2D eigenvalue weighted by atomic mass is 10.1. The zero-order valence-electron chi connectivity index (χ0n) is 12.9. The first-order chi connectivity index (χ1) is 11.7. The molecule has 1 aromatic heterocycles. The number of hydrogen-bond acceptors (Lipinski definition) is 2. The van der Waals surface area contributed by atoms with Gasteiger partial charge in [-0.15, -0.1) is 0 Å². The molecule has 0 unspecified atom stereocenters. The van der Waals surface area contributed by atoms with Crippen LogP contribution in [0, 0.1) is 0 Å². The van der Waals surface area contributed by atoms with E-state index in [-0.39, 0.29) is 11.8 Å². The van der Waals surface area contributed by atoms with Gasteiger partial charge in [-0.3, -0.25) is 14.5 Å². The lowest BCUT2D eigenvalue weighted by Crippen LogP contribution is -2.30. The van der Waals surface area contributed by atoms with E-state index >= 15 is 0 Å². The predicted molar refractivity (Wildman–Crippen MR) is 96.1 cm³/mol. The van der Waals surface area contributed by atoms with E-state index in [2.05, 4.69) is 27.0 Å². The number of benzene rings is 2. The van der Waals surface area contributed by atoms with Crippen molar-refractivity contribution in [1.29, 1.82) is 0 Å². The molecule has 1 aliphatic rings. The second-order valence-electron chi connectivity index (χ2n) is 5.87. The highest BCUT2D eigenvalue weighted by molar-refractivity contribution is 9.10. The summed E-state index contributed by atoms with van der Waals surface area (Å²) < 4.78 is 0.964. The third-order valence-electron chi connectivity index (χ3n) is 4.45. The van der Waals surface area contributed by atoms with Crippen LogP contribution in [0.4, 0.5) is 0 Å². The van der Waals surface area contributed by atoms with Crippen LogP contribution in [0.25, 0.3) is 10.9 Å². The van der Waals surface area contributed by atoms with Gasteiger partial charge in [0.05, 0.1) is 15.7 Å². The number of nitrogens with one attached hydrogen (secondary N) is 1. The van der Waals surface area contributed by atoms with Crippen LogP contribution in [0.5, 0.6) is 0 Å². The molecule has 5 heteroatoms. The summed E-state index contributed by atoms with van der Waals surface area (Å²) in [5.41, 5.74) is 3.29. The summed E-state index contributed by atoms with van der Waals surface area (Å²) >= 11 is 3.57. The Morgan fingerprint density at radius 2 is 1.54 bits per heavy atom. The zero-order valence-corrected chi connectivity index (χ0v) is 14.5. The quantitative estimate of drug-likeness (QED) is 0.688. The fourth-order valence-corrected chi connectivity index (χ4v) is 3.89. The van der Waals surface area contributed by atoms with Crippen LogP contribution < -0.4 is 0 Å². The number of aromatic nitrogens is 1. The van der Waals surface area contributed by atoms with E-state index in [4.69, 9.17) is 0 Å². The Morgan fingerprint density at radius 3 is 2.25 bits per heavy atom. The summed E-state index contributed by atoms with van der Waals surface area (Å²) in [4.78, 5) is 29.4. The highest BCUT2D eigenvalue weighted by Gasteiger charge is 2.34. The van der Waals surface area contributed by atoms with Gasteiger partial charge in [-0.2, -0.15) is 0 Å². The van der Waals surface area contributed by atoms with Gasteiger partial charge in [0, 0.05) is 17.4 Å². The van der Waals surface area contributed by atoms with E-state index in [1.54, 1.807) is 24.3 Å². The minimum Gasteiger partial charge on any atom is -0.349 e. The minimum atomic E-state index is -0.186. The zero-order chi connectivity index (χ0) is 16.7. The number of nitrogens with zero attached hydrogens (tertiary/aromatic N) is 1. The Bertz CT molecular complexity index is 926. The third kappa shape index (κ3) is 2.36. The summed E-state index contributed by atoms with van der Waals surface area (Å²) in [6.45, 7) is 0.429. The molecule has 0 bridgehead atoms. The smallest absolute Gasteiger partial charge is 0.261 e. The lowest BCUT2D eigenvalue weighted by molar-refractivity contribution is 0.0652. The Labute approximate surface area is 147 Å². The van der Waals surface area contributed by atoms with E-state index < -0.39 is 0 Å². The fraction of sp³-hybridized carbons (Fsp3) is 0.158. The topological polar surface area (TPSA) is 53.2 Å². The maximum atomic E-state index is 12.4. The molecule has 24 heavy (non-hydrogen) atoms. The number of aryl methyl sites for hydroxylation is 1. The van der Waals surface area contributed by atoms with Crippen molar-refractivity contribution in [2.75, 3.05) is 6.54 Å². The maximum Gasteiger partial charge on any atom is 0.261 e. The minimum absolute atomic E-state index is 0.186. The van der Waals surface area contributed by atoms with Gasteiger partial charge in [0.15, 0.2) is 0 Å². The summed E-state index contributed by atoms with van der Waals surface area (Å²) in [7, 11) is 0. The molecule has 120 valence electrons. The fourth-order valence-electron chi connectivity index (χ4n) is 3.27. The average Bonchev–Trinajstić information content (AvgIpc) is 3.04. The van der Waals surface area contributed by atoms with Crippen molar-refractivity contribution in [3.8, 4) is 0 Å². The number of fused-ring (bicyclic) bond motifs is 2. The van der Waals surface area contributed by atoms with Crippen LogP contribution in [0.2, 0.25) is 0 Å². The van der Waals surface area contributed by atoms with E-state index in [1.165, 1.54) is 15.8 Å². The SMILES string of the molecule is O=C1c2ccccc2C(=O)N1CCCc1c(Br)[nH]c2ccccc12. The number of para-hydroxylation sites is 1.